The number of ether oxygens (including phenoxy) is 2. The molecule has 0 unspecified atom stereocenters. The third-order valence-corrected chi connectivity index (χ3v) is 4.01. The molecule has 0 N–H and O–H groups in total. The maximum absolute atomic E-state index is 12.1. The van der Waals surface area contributed by atoms with Gasteiger partial charge in [0.2, 0.25) is 12.7 Å². The molecule has 2 aliphatic rings. The minimum Gasteiger partial charge on any atom is -0.454 e. The molecule has 0 atom stereocenters. The number of likely N-dealkylation sites (tertiary alicyclic amines) is 1. The highest BCUT2D eigenvalue weighted by atomic mass is 16.7. The Bertz CT molecular complexity index is 704. The molecule has 1 aromatic heterocycles. The number of benzene rings is 1. The minimum atomic E-state index is 0.114. The predicted octanol–water partition coefficient (Wildman–Crippen LogP) is 2.24. The van der Waals surface area contributed by atoms with Crippen molar-refractivity contribution >= 4 is 5.91 Å². The smallest absolute Gasteiger partial charge is 0.231 e. The molecule has 0 spiro atoms. The van der Waals surface area contributed by atoms with E-state index in [1.54, 1.807) is 0 Å². The van der Waals surface area contributed by atoms with E-state index in [0.717, 1.165) is 37.2 Å². The molecule has 4 rings (SSSR count). The normalized spacial score (nSPS) is 16.3. The van der Waals surface area contributed by atoms with Crippen LogP contribution in [0, 0.1) is 0 Å². The van der Waals surface area contributed by atoms with E-state index in [1.165, 1.54) is 0 Å². The van der Waals surface area contributed by atoms with Gasteiger partial charge in [-0.2, -0.15) is 0 Å². The predicted molar refractivity (Wildman–Crippen MR) is 77.6 cm³/mol. The minimum absolute atomic E-state index is 0.114. The lowest BCUT2D eigenvalue weighted by Crippen LogP contribution is -2.29. The molecule has 1 fully saturated rings. The molecule has 0 aliphatic carbocycles. The molecule has 1 amide bonds. The summed E-state index contributed by atoms with van der Waals surface area (Å²) < 4.78 is 16.0. The first-order chi connectivity index (χ1) is 10.8. The fourth-order valence-corrected chi connectivity index (χ4v) is 2.81. The quantitative estimate of drug-likeness (QED) is 0.869. The molecule has 2 aliphatic heterocycles. The first-order valence-electron chi connectivity index (χ1n) is 7.43. The summed E-state index contributed by atoms with van der Waals surface area (Å²) in [5.41, 5.74) is 1.51. The largest absolute Gasteiger partial charge is 0.454 e. The van der Waals surface area contributed by atoms with Crippen LogP contribution in [0.15, 0.2) is 28.8 Å². The molecule has 6 heteroatoms. The van der Waals surface area contributed by atoms with Gasteiger partial charge in [-0.05, 0) is 31.0 Å². The topological polar surface area (TPSA) is 64.8 Å². The Hall–Kier alpha value is -2.50. The number of hydrogen-bond donors (Lipinski definition) is 0. The third-order valence-electron chi connectivity index (χ3n) is 4.01. The van der Waals surface area contributed by atoms with Gasteiger partial charge in [0, 0.05) is 24.7 Å². The van der Waals surface area contributed by atoms with Gasteiger partial charge in [0.1, 0.15) is 0 Å². The van der Waals surface area contributed by atoms with Gasteiger partial charge in [-0.15, -0.1) is 0 Å². The van der Waals surface area contributed by atoms with Crippen LogP contribution in [0.3, 0.4) is 0 Å². The lowest BCUT2D eigenvalue weighted by molar-refractivity contribution is -0.129. The molecule has 0 radical (unpaired) electrons. The van der Waals surface area contributed by atoms with Crippen LogP contribution < -0.4 is 9.47 Å². The Morgan fingerprint density at radius 3 is 2.82 bits per heavy atom. The Labute approximate surface area is 127 Å². The van der Waals surface area contributed by atoms with Crippen LogP contribution in [0.5, 0.6) is 11.5 Å². The lowest BCUT2D eigenvalue weighted by atomic mass is 10.1. The number of amides is 1. The molecule has 22 heavy (non-hydrogen) atoms. The highest BCUT2D eigenvalue weighted by Crippen LogP contribution is 2.36. The van der Waals surface area contributed by atoms with Crippen molar-refractivity contribution in [3.8, 4) is 22.8 Å². The highest BCUT2D eigenvalue weighted by Gasteiger charge is 2.20. The maximum atomic E-state index is 12.1. The molecule has 2 aromatic rings. The first-order valence-corrected chi connectivity index (χ1v) is 7.43. The third kappa shape index (κ3) is 2.41. The summed E-state index contributed by atoms with van der Waals surface area (Å²) in [6.07, 6.45) is 2.47. The lowest BCUT2D eigenvalue weighted by Gasteiger charge is -2.13. The first kappa shape index (κ1) is 13.2. The van der Waals surface area contributed by atoms with Crippen LogP contribution in [-0.4, -0.2) is 35.8 Å². The van der Waals surface area contributed by atoms with Crippen molar-refractivity contribution in [3.05, 3.63) is 30.0 Å². The van der Waals surface area contributed by atoms with E-state index in [1.807, 2.05) is 29.2 Å². The molecule has 1 saturated heterocycles. The number of nitrogens with zero attached hydrogens (tertiary/aromatic N) is 2. The van der Waals surface area contributed by atoms with Gasteiger partial charge >= 0.3 is 0 Å². The Morgan fingerprint density at radius 2 is 1.95 bits per heavy atom. The summed E-state index contributed by atoms with van der Waals surface area (Å²) in [5, 5.41) is 4.00. The number of hydrogen-bond acceptors (Lipinski definition) is 5. The second-order valence-electron chi connectivity index (χ2n) is 5.52. The maximum Gasteiger partial charge on any atom is 0.231 e. The SMILES string of the molecule is O=C(Cc1cc(-c2ccc3c(c2)OCO3)on1)N1CCCC1. The van der Waals surface area contributed by atoms with Gasteiger partial charge in [0.25, 0.3) is 0 Å². The second kappa shape index (κ2) is 5.36. The number of rotatable bonds is 3. The van der Waals surface area contributed by atoms with E-state index >= 15 is 0 Å². The van der Waals surface area contributed by atoms with E-state index in [-0.39, 0.29) is 19.1 Å². The van der Waals surface area contributed by atoms with Crippen molar-refractivity contribution in [1.29, 1.82) is 0 Å². The summed E-state index contributed by atoms with van der Waals surface area (Å²) >= 11 is 0. The average molecular weight is 300 g/mol. The highest BCUT2D eigenvalue weighted by molar-refractivity contribution is 5.79. The molecular weight excluding hydrogens is 284 g/mol. The molecule has 3 heterocycles. The van der Waals surface area contributed by atoms with Crippen LogP contribution in [0.2, 0.25) is 0 Å². The molecular formula is C16H16N2O4. The number of fused-ring (bicyclic) bond motifs is 1. The zero-order valence-corrected chi connectivity index (χ0v) is 12.1. The van der Waals surface area contributed by atoms with E-state index in [0.29, 0.717) is 17.2 Å². The van der Waals surface area contributed by atoms with Crippen LogP contribution in [-0.2, 0) is 11.2 Å². The van der Waals surface area contributed by atoms with Gasteiger partial charge in [-0.3, -0.25) is 4.79 Å². The number of carbonyl (C=O) groups is 1. The summed E-state index contributed by atoms with van der Waals surface area (Å²) in [6, 6.07) is 7.40. The molecule has 0 saturated carbocycles. The van der Waals surface area contributed by atoms with Crippen LogP contribution in [0.1, 0.15) is 18.5 Å². The van der Waals surface area contributed by atoms with Crippen molar-refractivity contribution in [1.82, 2.24) is 10.1 Å². The van der Waals surface area contributed by atoms with Crippen molar-refractivity contribution in [2.75, 3.05) is 19.9 Å². The average Bonchev–Trinajstić information content (AvgIpc) is 3.27. The zero-order chi connectivity index (χ0) is 14.9. The Balaban J connectivity index is 1.50. The van der Waals surface area contributed by atoms with Crippen molar-refractivity contribution in [3.63, 3.8) is 0 Å². The summed E-state index contributed by atoms with van der Waals surface area (Å²) in [7, 11) is 0. The standard InChI is InChI=1S/C16H16N2O4/c19-16(18-5-1-2-6-18)9-12-8-14(22-17-12)11-3-4-13-15(7-11)21-10-20-13/h3-4,7-8H,1-2,5-6,9-10H2. The van der Waals surface area contributed by atoms with Crippen LogP contribution in [0.25, 0.3) is 11.3 Å². The van der Waals surface area contributed by atoms with Gasteiger partial charge in [-0.25, -0.2) is 0 Å². The summed E-state index contributed by atoms with van der Waals surface area (Å²) in [6.45, 7) is 1.95. The monoisotopic (exact) mass is 300 g/mol. The number of aromatic nitrogens is 1. The van der Waals surface area contributed by atoms with E-state index in [2.05, 4.69) is 5.16 Å². The molecule has 114 valence electrons. The Morgan fingerprint density at radius 1 is 1.14 bits per heavy atom. The number of carbonyl (C=O) groups excluding carboxylic acids is 1. The van der Waals surface area contributed by atoms with E-state index in [4.69, 9.17) is 14.0 Å². The van der Waals surface area contributed by atoms with Crippen molar-refractivity contribution in [2.45, 2.75) is 19.3 Å². The Kier molecular flexibility index (Phi) is 3.21. The van der Waals surface area contributed by atoms with Gasteiger partial charge in [0.05, 0.1) is 12.1 Å². The second-order valence-corrected chi connectivity index (χ2v) is 5.52. The fraction of sp³-hybridized carbons (Fsp3) is 0.375. The molecule has 6 nitrogen and oxygen atoms in total. The van der Waals surface area contributed by atoms with Crippen LogP contribution >= 0.6 is 0 Å². The van der Waals surface area contributed by atoms with Crippen molar-refractivity contribution in [2.24, 2.45) is 0 Å². The molecule has 1 aromatic carbocycles. The van der Waals surface area contributed by atoms with Gasteiger partial charge in [0.15, 0.2) is 17.3 Å². The summed E-state index contributed by atoms with van der Waals surface area (Å²) in [4.78, 5) is 14.0. The van der Waals surface area contributed by atoms with Gasteiger partial charge < -0.3 is 18.9 Å². The van der Waals surface area contributed by atoms with E-state index < -0.39 is 0 Å². The molecule has 0 bridgehead atoms. The summed E-state index contributed by atoms with van der Waals surface area (Å²) in [5.74, 6) is 2.17. The fourth-order valence-electron chi connectivity index (χ4n) is 2.81. The van der Waals surface area contributed by atoms with Crippen LogP contribution in [0.4, 0.5) is 0 Å². The van der Waals surface area contributed by atoms with E-state index in [9.17, 15) is 4.79 Å². The van der Waals surface area contributed by atoms with Crippen molar-refractivity contribution < 1.29 is 18.8 Å². The van der Waals surface area contributed by atoms with Gasteiger partial charge in [-0.1, -0.05) is 5.16 Å². The zero-order valence-electron chi connectivity index (χ0n) is 12.1.